The number of rotatable bonds is 8. The van der Waals surface area contributed by atoms with Crippen molar-refractivity contribution in [1.29, 1.82) is 0 Å². The molecule has 0 spiro atoms. The first-order valence-corrected chi connectivity index (χ1v) is 18.5. The number of para-hydroxylation sites is 1. The van der Waals surface area contributed by atoms with Gasteiger partial charge in [-0.05, 0) is 89.7 Å². The molecule has 0 atom stereocenters. The summed E-state index contributed by atoms with van der Waals surface area (Å²) in [7, 11) is 0. The van der Waals surface area contributed by atoms with Crippen LogP contribution in [0, 0.1) is 39.8 Å². The molecule has 0 radical (unpaired) electrons. The summed E-state index contributed by atoms with van der Waals surface area (Å²) in [4.78, 5) is 4.84. The predicted octanol–water partition coefficient (Wildman–Crippen LogP) is 12.6. The molecular formula is C48H44N4OPd. The Balaban J connectivity index is 0.00000450. The Kier molecular flexibility index (Phi) is 10.2. The van der Waals surface area contributed by atoms with E-state index >= 15 is 0 Å². The summed E-state index contributed by atoms with van der Waals surface area (Å²) in [5, 5.41) is 7.54. The first-order valence-electron chi connectivity index (χ1n) is 18.5. The number of aromatic nitrogens is 4. The maximum atomic E-state index is 6.64. The van der Waals surface area contributed by atoms with Gasteiger partial charge in [0.2, 0.25) is 0 Å². The maximum absolute atomic E-state index is 6.64. The van der Waals surface area contributed by atoms with Crippen LogP contribution in [0.5, 0.6) is 11.5 Å². The number of hydrogen-bond acceptors (Lipinski definition) is 3. The largest absolute Gasteiger partial charge is 2.00 e. The van der Waals surface area contributed by atoms with E-state index in [1.54, 1.807) is 0 Å². The number of aryl methyl sites for hydroxylation is 4. The standard InChI is InChI=1S/C48H44N4O.Pd/c1-29(2)47-46(45-33(7)22-31(5)23-34(45)8)48(30(3)4)52(50-47)37-24-32(6)25-39(27-37)53-38-18-19-41-40-16-12-13-17-42(40)51(43(41)28-38)44-26-36(20-21-49-44)35-14-10-9-11-15-35;/h9-26,29-30H,1-8H3;/q-2;+2. The van der Waals surface area contributed by atoms with Crippen LogP contribution in [0.2, 0.25) is 0 Å². The van der Waals surface area contributed by atoms with Crippen molar-refractivity contribution < 1.29 is 25.2 Å². The molecule has 0 saturated carbocycles. The van der Waals surface area contributed by atoms with Gasteiger partial charge in [0.1, 0.15) is 5.82 Å². The molecule has 0 aliphatic carbocycles. The number of hydrogen-bond donors (Lipinski definition) is 0. The number of fused-ring (bicyclic) bond motifs is 3. The molecule has 3 heterocycles. The second-order valence-corrected chi connectivity index (χ2v) is 14.9. The van der Waals surface area contributed by atoms with Crippen LogP contribution in [0.3, 0.4) is 0 Å². The summed E-state index contributed by atoms with van der Waals surface area (Å²) in [5.74, 6) is 2.50. The van der Waals surface area contributed by atoms with E-state index in [0.29, 0.717) is 11.5 Å². The monoisotopic (exact) mass is 798 g/mol. The van der Waals surface area contributed by atoms with Crippen LogP contribution in [0.15, 0.2) is 109 Å². The summed E-state index contributed by atoms with van der Waals surface area (Å²) in [5.41, 5.74) is 14.7. The normalized spacial score (nSPS) is 11.5. The molecule has 6 heteroatoms. The minimum absolute atomic E-state index is 0. The van der Waals surface area contributed by atoms with Crippen LogP contribution in [0.4, 0.5) is 0 Å². The van der Waals surface area contributed by atoms with Gasteiger partial charge in [-0.2, -0.15) is 16.7 Å². The molecule has 272 valence electrons. The van der Waals surface area contributed by atoms with Crippen molar-refractivity contribution in [3.05, 3.63) is 155 Å². The third-order valence-electron chi connectivity index (χ3n) is 10.0. The third-order valence-corrected chi connectivity index (χ3v) is 10.0. The van der Waals surface area contributed by atoms with Gasteiger partial charge < -0.3 is 9.30 Å². The zero-order valence-electron chi connectivity index (χ0n) is 32.1. The molecule has 0 unspecified atom stereocenters. The molecule has 0 aliphatic rings. The molecule has 5 nitrogen and oxygen atoms in total. The van der Waals surface area contributed by atoms with Gasteiger partial charge in [0.15, 0.2) is 0 Å². The van der Waals surface area contributed by atoms with E-state index in [0.717, 1.165) is 55.7 Å². The van der Waals surface area contributed by atoms with Crippen molar-refractivity contribution in [2.75, 3.05) is 0 Å². The summed E-state index contributed by atoms with van der Waals surface area (Å²) < 4.78 is 10.9. The quantitative estimate of drug-likeness (QED) is 0.114. The molecule has 0 N–H and O–H groups in total. The average Bonchev–Trinajstić information content (AvgIpc) is 3.68. The molecule has 0 aliphatic heterocycles. The molecule has 8 rings (SSSR count). The SMILES string of the molecule is Cc1cc(Oc2[c-]c3c(cc2)c2ccccc2n3-c2cc(-c3ccccc3)ccn2)[c-]c(-n2nc(C(C)C)c(-c3c(C)cc(C)cc3C)c2C(C)C)c1.[Pd+2]. The Morgan fingerprint density at radius 1 is 0.630 bits per heavy atom. The van der Waals surface area contributed by atoms with E-state index in [1.807, 2.05) is 24.4 Å². The Labute approximate surface area is 332 Å². The van der Waals surface area contributed by atoms with Gasteiger partial charge in [-0.1, -0.05) is 106 Å². The summed E-state index contributed by atoms with van der Waals surface area (Å²) in [6, 6.07) is 43.1. The van der Waals surface area contributed by atoms with E-state index in [-0.39, 0.29) is 32.3 Å². The van der Waals surface area contributed by atoms with E-state index in [2.05, 4.69) is 162 Å². The van der Waals surface area contributed by atoms with Crippen LogP contribution in [-0.2, 0) is 20.4 Å². The minimum Gasteiger partial charge on any atom is -0.509 e. The average molecular weight is 799 g/mol. The van der Waals surface area contributed by atoms with E-state index in [1.165, 1.54) is 33.5 Å². The van der Waals surface area contributed by atoms with Crippen LogP contribution < -0.4 is 4.74 Å². The number of benzene rings is 5. The minimum atomic E-state index is 0. The van der Waals surface area contributed by atoms with Gasteiger partial charge in [0, 0.05) is 28.8 Å². The van der Waals surface area contributed by atoms with E-state index in [9.17, 15) is 0 Å². The van der Waals surface area contributed by atoms with Crippen molar-refractivity contribution in [3.63, 3.8) is 0 Å². The Bertz CT molecular complexity index is 2630. The van der Waals surface area contributed by atoms with Crippen molar-refractivity contribution in [3.8, 4) is 45.3 Å². The van der Waals surface area contributed by atoms with Crippen LogP contribution in [-0.4, -0.2) is 19.3 Å². The smallest absolute Gasteiger partial charge is 0.509 e. The first-order chi connectivity index (χ1) is 25.6. The Hall–Kier alpha value is -5.28. The fraction of sp³-hybridized carbons (Fsp3) is 0.208. The van der Waals surface area contributed by atoms with Crippen LogP contribution in [0.25, 0.3) is 55.6 Å². The van der Waals surface area contributed by atoms with Crippen molar-refractivity contribution in [2.45, 2.75) is 67.2 Å². The van der Waals surface area contributed by atoms with Crippen molar-refractivity contribution in [2.24, 2.45) is 0 Å². The van der Waals surface area contributed by atoms with E-state index in [4.69, 9.17) is 14.8 Å². The summed E-state index contributed by atoms with van der Waals surface area (Å²) in [6.45, 7) is 17.7. The summed E-state index contributed by atoms with van der Waals surface area (Å²) >= 11 is 0. The number of ether oxygens (including phenoxy) is 1. The van der Waals surface area contributed by atoms with Gasteiger partial charge in [-0.3, -0.25) is 4.68 Å². The zero-order chi connectivity index (χ0) is 37.0. The van der Waals surface area contributed by atoms with Crippen molar-refractivity contribution in [1.82, 2.24) is 19.3 Å². The molecule has 54 heavy (non-hydrogen) atoms. The van der Waals surface area contributed by atoms with Crippen molar-refractivity contribution >= 4 is 21.8 Å². The topological polar surface area (TPSA) is 44.9 Å². The fourth-order valence-electron chi connectivity index (χ4n) is 7.87. The Morgan fingerprint density at radius 3 is 2.06 bits per heavy atom. The predicted molar refractivity (Wildman–Crippen MR) is 218 cm³/mol. The first kappa shape index (κ1) is 37.1. The van der Waals surface area contributed by atoms with Gasteiger partial charge in [-0.25, -0.2) is 4.98 Å². The maximum Gasteiger partial charge on any atom is 2.00 e. The number of pyridine rings is 1. The van der Waals surface area contributed by atoms with Gasteiger partial charge in [0.05, 0.1) is 11.4 Å². The van der Waals surface area contributed by atoms with Gasteiger partial charge >= 0.3 is 20.4 Å². The van der Waals surface area contributed by atoms with E-state index < -0.39 is 0 Å². The molecular weight excluding hydrogens is 755 g/mol. The molecule has 0 fully saturated rings. The fourth-order valence-corrected chi connectivity index (χ4v) is 7.87. The molecule has 0 bridgehead atoms. The third kappa shape index (κ3) is 6.70. The van der Waals surface area contributed by atoms with Gasteiger partial charge in [0.25, 0.3) is 0 Å². The zero-order valence-corrected chi connectivity index (χ0v) is 33.6. The molecule has 3 aromatic heterocycles. The second kappa shape index (κ2) is 14.9. The Morgan fingerprint density at radius 2 is 1.33 bits per heavy atom. The van der Waals surface area contributed by atoms with Crippen LogP contribution in [0.1, 0.15) is 73.2 Å². The number of nitrogens with zero attached hydrogens (tertiary/aromatic N) is 4. The molecule has 8 aromatic rings. The molecule has 0 saturated heterocycles. The summed E-state index contributed by atoms with van der Waals surface area (Å²) in [6.07, 6.45) is 1.88. The molecule has 5 aromatic carbocycles. The van der Waals surface area contributed by atoms with Crippen LogP contribution >= 0.6 is 0 Å². The molecule has 0 amide bonds. The second-order valence-electron chi connectivity index (χ2n) is 14.9. The van der Waals surface area contributed by atoms with Gasteiger partial charge in [-0.15, -0.1) is 35.7 Å².